The third-order valence-electron chi connectivity index (χ3n) is 6.94. The van der Waals surface area contributed by atoms with E-state index in [9.17, 15) is 0 Å². The van der Waals surface area contributed by atoms with E-state index in [1.807, 2.05) is 0 Å². The van der Waals surface area contributed by atoms with Crippen molar-refractivity contribution in [1.82, 2.24) is 0 Å². The normalized spacial score (nSPS) is 29.9. The largest absolute Gasteiger partial charge is 0.352 e. The summed E-state index contributed by atoms with van der Waals surface area (Å²) in [6, 6.07) is 0. The van der Waals surface area contributed by atoms with Crippen LogP contribution in [0.4, 0.5) is 0 Å². The van der Waals surface area contributed by atoms with Crippen LogP contribution in [-0.4, -0.2) is 58.5 Å². The quantitative estimate of drug-likeness (QED) is 0.501. The van der Waals surface area contributed by atoms with Crippen LogP contribution in [0.25, 0.3) is 0 Å². The van der Waals surface area contributed by atoms with Crippen LogP contribution in [-0.2, 0) is 28.4 Å². The number of hydrogen-bond donors (Lipinski definition) is 0. The van der Waals surface area contributed by atoms with E-state index in [1.54, 1.807) is 0 Å². The Morgan fingerprint density at radius 1 is 0.742 bits per heavy atom. The van der Waals surface area contributed by atoms with Crippen LogP contribution in [0, 0.1) is 28.1 Å². The molecule has 3 fully saturated rings. The Kier molecular flexibility index (Phi) is 8.48. The second-order valence-corrected chi connectivity index (χ2v) is 12.1. The lowest BCUT2D eigenvalue weighted by Crippen LogP contribution is -2.45. The van der Waals surface area contributed by atoms with Gasteiger partial charge in [0.05, 0.1) is 39.6 Å². The van der Waals surface area contributed by atoms with Crippen LogP contribution < -0.4 is 0 Å². The molecule has 0 aromatic carbocycles. The SMILES string of the molecule is CC1COC(C(CCC(C)(C)C2OCCO2)CCC(C)(C)C2OCC(C)(C)CO2)OC1. The van der Waals surface area contributed by atoms with Crippen LogP contribution in [0.2, 0.25) is 0 Å². The first-order valence-corrected chi connectivity index (χ1v) is 12.2. The average Bonchev–Trinajstić information content (AvgIpc) is 3.24. The molecule has 3 aliphatic rings. The van der Waals surface area contributed by atoms with Crippen molar-refractivity contribution in [2.24, 2.45) is 28.1 Å². The van der Waals surface area contributed by atoms with Crippen LogP contribution in [0.1, 0.15) is 74.1 Å². The molecule has 3 aliphatic heterocycles. The zero-order valence-electron chi connectivity index (χ0n) is 20.9. The van der Waals surface area contributed by atoms with Crippen LogP contribution in [0.5, 0.6) is 0 Å². The summed E-state index contributed by atoms with van der Waals surface area (Å²) < 4.78 is 36.1. The molecule has 31 heavy (non-hydrogen) atoms. The van der Waals surface area contributed by atoms with Gasteiger partial charge in [-0.2, -0.15) is 0 Å². The molecule has 1 atom stereocenters. The van der Waals surface area contributed by atoms with Gasteiger partial charge in [0.25, 0.3) is 0 Å². The van der Waals surface area contributed by atoms with Crippen molar-refractivity contribution in [3.8, 4) is 0 Å². The summed E-state index contributed by atoms with van der Waals surface area (Å²) in [6.45, 7) is 19.9. The second-order valence-electron chi connectivity index (χ2n) is 12.1. The van der Waals surface area contributed by atoms with Crippen LogP contribution in [0.3, 0.4) is 0 Å². The standard InChI is InChI=1S/C25H46O6/c1-18-14-28-20(29-15-18)19(8-10-24(4,5)21-26-12-13-27-21)9-11-25(6,7)22-30-16-23(2,3)17-31-22/h18-22H,8-17H2,1-7H3. The van der Waals surface area contributed by atoms with Gasteiger partial charge >= 0.3 is 0 Å². The molecule has 182 valence electrons. The molecule has 1 unspecified atom stereocenters. The van der Waals surface area contributed by atoms with E-state index in [0.717, 1.165) is 52.1 Å². The summed E-state index contributed by atoms with van der Waals surface area (Å²) >= 11 is 0. The Bertz CT molecular complexity index is 536. The summed E-state index contributed by atoms with van der Waals surface area (Å²) in [4.78, 5) is 0. The highest BCUT2D eigenvalue weighted by Gasteiger charge is 2.40. The van der Waals surface area contributed by atoms with Gasteiger partial charge < -0.3 is 28.4 Å². The zero-order chi connectivity index (χ0) is 22.7. The molecule has 3 saturated heterocycles. The Hall–Kier alpha value is -0.240. The molecule has 0 spiro atoms. The summed E-state index contributed by atoms with van der Waals surface area (Å²) in [5.74, 6) is 0.782. The van der Waals surface area contributed by atoms with Gasteiger partial charge in [0.2, 0.25) is 0 Å². The molecule has 0 aromatic rings. The highest BCUT2D eigenvalue weighted by Crippen LogP contribution is 2.40. The smallest absolute Gasteiger partial charge is 0.162 e. The highest BCUT2D eigenvalue weighted by atomic mass is 16.7. The lowest BCUT2D eigenvalue weighted by Gasteiger charge is -2.43. The molecular formula is C25H46O6. The van der Waals surface area contributed by atoms with E-state index < -0.39 is 0 Å². The molecule has 3 rings (SSSR count). The zero-order valence-corrected chi connectivity index (χ0v) is 20.9. The van der Waals surface area contributed by atoms with E-state index in [4.69, 9.17) is 28.4 Å². The molecule has 0 aromatic heterocycles. The molecule has 6 nitrogen and oxygen atoms in total. The van der Waals surface area contributed by atoms with Crippen LogP contribution in [0.15, 0.2) is 0 Å². The first-order valence-electron chi connectivity index (χ1n) is 12.2. The van der Waals surface area contributed by atoms with Crippen molar-refractivity contribution in [2.75, 3.05) is 39.6 Å². The lowest BCUT2D eigenvalue weighted by atomic mass is 9.79. The lowest BCUT2D eigenvalue weighted by molar-refractivity contribution is -0.266. The maximum atomic E-state index is 6.13. The van der Waals surface area contributed by atoms with Crippen molar-refractivity contribution in [1.29, 1.82) is 0 Å². The highest BCUT2D eigenvalue weighted by molar-refractivity contribution is 4.83. The molecule has 0 saturated carbocycles. The maximum Gasteiger partial charge on any atom is 0.162 e. The van der Waals surface area contributed by atoms with Crippen molar-refractivity contribution in [3.05, 3.63) is 0 Å². The number of rotatable bonds is 9. The Labute approximate surface area is 189 Å². The fourth-order valence-corrected chi connectivity index (χ4v) is 4.61. The first kappa shape index (κ1) is 25.4. The summed E-state index contributed by atoms with van der Waals surface area (Å²) in [7, 11) is 0. The van der Waals surface area contributed by atoms with Gasteiger partial charge in [-0.25, -0.2) is 0 Å². The maximum absolute atomic E-state index is 6.13. The Morgan fingerprint density at radius 3 is 1.68 bits per heavy atom. The van der Waals surface area contributed by atoms with E-state index in [0.29, 0.717) is 25.0 Å². The van der Waals surface area contributed by atoms with Gasteiger partial charge in [-0.1, -0.05) is 48.5 Å². The molecule has 0 N–H and O–H groups in total. The molecule has 0 bridgehead atoms. The van der Waals surface area contributed by atoms with Crippen molar-refractivity contribution in [3.63, 3.8) is 0 Å². The van der Waals surface area contributed by atoms with Gasteiger partial charge in [0.1, 0.15) is 0 Å². The second kappa shape index (κ2) is 10.4. The predicted octanol–water partition coefficient (Wildman–Crippen LogP) is 5.00. The fraction of sp³-hybridized carbons (Fsp3) is 1.00. The number of ether oxygens (including phenoxy) is 6. The molecule has 0 radical (unpaired) electrons. The van der Waals surface area contributed by atoms with E-state index >= 15 is 0 Å². The van der Waals surface area contributed by atoms with Crippen molar-refractivity contribution < 1.29 is 28.4 Å². The molecule has 6 heteroatoms. The fourth-order valence-electron chi connectivity index (χ4n) is 4.61. The monoisotopic (exact) mass is 442 g/mol. The number of hydrogen-bond acceptors (Lipinski definition) is 6. The minimum absolute atomic E-state index is 0.0343. The Balaban J connectivity index is 1.58. The molecular weight excluding hydrogens is 396 g/mol. The predicted molar refractivity (Wildman–Crippen MR) is 120 cm³/mol. The van der Waals surface area contributed by atoms with Gasteiger partial charge in [-0.15, -0.1) is 0 Å². The van der Waals surface area contributed by atoms with E-state index in [1.165, 1.54) is 0 Å². The van der Waals surface area contributed by atoms with E-state index in [-0.39, 0.29) is 35.1 Å². The first-order chi connectivity index (χ1) is 14.5. The Morgan fingerprint density at radius 2 is 1.19 bits per heavy atom. The summed E-state index contributed by atoms with van der Waals surface area (Å²) in [5, 5.41) is 0. The van der Waals surface area contributed by atoms with E-state index in [2.05, 4.69) is 48.5 Å². The van der Waals surface area contributed by atoms with Gasteiger partial charge in [0, 0.05) is 28.1 Å². The molecule has 0 aliphatic carbocycles. The van der Waals surface area contributed by atoms with Crippen molar-refractivity contribution in [2.45, 2.75) is 93.0 Å². The average molecular weight is 443 g/mol. The van der Waals surface area contributed by atoms with Gasteiger partial charge in [-0.05, 0) is 25.7 Å². The molecule has 3 heterocycles. The van der Waals surface area contributed by atoms with Crippen LogP contribution >= 0.6 is 0 Å². The van der Waals surface area contributed by atoms with Gasteiger partial charge in [0.15, 0.2) is 18.9 Å². The third kappa shape index (κ3) is 7.12. The topological polar surface area (TPSA) is 55.4 Å². The summed E-state index contributed by atoms with van der Waals surface area (Å²) in [5.41, 5.74) is -0.0111. The molecule has 0 amide bonds. The summed E-state index contributed by atoms with van der Waals surface area (Å²) in [6.07, 6.45) is 3.62. The minimum Gasteiger partial charge on any atom is -0.352 e. The van der Waals surface area contributed by atoms with Gasteiger partial charge in [-0.3, -0.25) is 0 Å². The third-order valence-corrected chi connectivity index (χ3v) is 6.94. The van der Waals surface area contributed by atoms with Crippen molar-refractivity contribution >= 4 is 0 Å². The minimum atomic E-state index is -0.161.